The quantitative estimate of drug-likeness (QED) is 0.682. The molecule has 1 aromatic heterocycles. The number of guanidine groups is 1. The van der Waals surface area contributed by atoms with Crippen molar-refractivity contribution in [2.24, 2.45) is 16.8 Å². The van der Waals surface area contributed by atoms with E-state index in [2.05, 4.69) is 31.9 Å². The highest BCUT2D eigenvalue weighted by atomic mass is 15.3. The van der Waals surface area contributed by atoms with E-state index in [1.54, 1.807) is 0 Å². The Labute approximate surface area is 144 Å². The summed E-state index contributed by atoms with van der Waals surface area (Å²) in [6.45, 7) is 7.11. The van der Waals surface area contributed by atoms with Gasteiger partial charge in [-0.25, -0.2) is 4.99 Å². The molecule has 1 aliphatic carbocycles. The second-order valence-corrected chi connectivity index (χ2v) is 7.52. The van der Waals surface area contributed by atoms with Gasteiger partial charge < -0.3 is 14.8 Å². The van der Waals surface area contributed by atoms with Gasteiger partial charge in [0.1, 0.15) is 12.4 Å². The van der Waals surface area contributed by atoms with Crippen molar-refractivity contribution in [2.75, 3.05) is 19.6 Å². The van der Waals surface area contributed by atoms with E-state index in [1.165, 1.54) is 51.6 Å². The molecular weight excluding hydrogens is 300 g/mol. The Balaban J connectivity index is 1.46. The Hall–Kier alpha value is -1.59. The summed E-state index contributed by atoms with van der Waals surface area (Å²) in [5.74, 6) is 4.99. The number of hydrogen-bond acceptors (Lipinski definition) is 3. The predicted molar refractivity (Wildman–Crippen MR) is 94.8 cm³/mol. The molecule has 0 aromatic carbocycles. The molecule has 1 aromatic rings. The SMILES string of the molecule is CCNC(=NCc1nnc2n1CCCC2)N1CC2CCCCC2C1. The fraction of sp³-hybridized carbons (Fsp3) is 0.833. The number of hydrogen-bond donors (Lipinski definition) is 1. The fourth-order valence-electron chi connectivity index (χ4n) is 4.64. The molecule has 3 aliphatic rings. The van der Waals surface area contributed by atoms with E-state index >= 15 is 0 Å². The molecule has 6 nitrogen and oxygen atoms in total. The Kier molecular flexibility index (Phi) is 4.72. The first-order valence-electron chi connectivity index (χ1n) is 9.79. The molecule has 2 atom stereocenters. The summed E-state index contributed by atoms with van der Waals surface area (Å²) in [5, 5.41) is 12.2. The predicted octanol–water partition coefficient (Wildman–Crippen LogP) is 2.20. The van der Waals surface area contributed by atoms with E-state index in [4.69, 9.17) is 4.99 Å². The second-order valence-electron chi connectivity index (χ2n) is 7.52. The third-order valence-corrected chi connectivity index (χ3v) is 5.92. The highest BCUT2D eigenvalue weighted by molar-refractivity contribution is 5.80. The van der Waals surface area contributed by atoms with Crippen LogP contribution in [0.15, 0.2) is 4.99 Å². The maximum atomic E-state index is 4.91. The van der Waals surface area contributed by atoms with Crippen molar-refractivity contribution >= 4 is 5.96 Å². The number of aryl methyl sites for hydroxylation is 1. The zero-order valence-corrected chi connectivity index (χ0v) is 14.9. The van der Waals surface area contributed by atoms with E-state index in [-0.39, 0.29) is 0 Å². The van der Waals surface area contributed by atoms with Gasteiger partial charge in [-0.1, -0.05) is 12.8 Å². The van der Waals surface area contributed by atoms with Gasteiger partial charge in [-0.3, -0.25) is 0 Å². The fourth-order valence-corrected chi connectivity index (χ4v) is 4.64. The molecule has 2 aliphatic heterocycles. The normalized spacial score (nSPS) is 27.0. The van der Waals surface area contributed by atoms with Crippen LogP contribution < -0.4 is 5.32 Å². The first-order chi connectivity index (χ1) is 11.8. The van der Waals surface area contributed by atoms with Crippen molar-refractivity contribution < 1.29 is 0 Å². The summed E-state index contributed by atoms with van der Waals surface area (Å²) in [6.07, 6.45) is 9.16. The Morgan fingerprint density at radius 1 is 1.12 bits per heavy atom. The van der Waals surface area contributed by atoms with Crippen molar-refractivity contribution in [1.29, 1.82) is 0 Å². The molecule has 4 rings (SSSR count). The lowest BCUT2D eigenvalue weighted by molar-refractivity contribution is 0.299. The molecule has 0 radical (unpaired) electrons. The summed E-state index contributed by atoms with van der Waals surface area (Å²) in [7, 11) is 0. The zero-order valence-electron chi connectivity index (χ0n) is 14.9. The molecule has 2 unspecified atom stereocenters. The number of nitrogens with one attached hydrogen (secondary N) is 1. The van der Waals surface area contributed by atoms with Crippen LogP contribution in [-0.4, -0.2) is 45.3 Å². The Morgan fingerprint density at radius 3 is 2.67 bits per heavy atom. The van der Waals surface area contributed by atoms with Crippen LogP contribution in [0.3, 0.4) is 0 Å². The van der Waals surface area contributed by atoms with Crippen LogP contribution >= 0.6 is 0 Å². The van der Waals surface area contributed by atoms with Crippen LogP contribution in [0.4, 0.5) is 0 Å². The van der Waals surface area contributed by atoms with E-state index in [1.807, 2.05) is 0 Å². The van der Waals surface area contributed by atoms with Crippen molar-refractivity contribution in [3.05, 3.63) is 11.6 Å². The summed E-state index contributed by atoms with van der Waals surface area (Å²) in [5.41, 5.74) is 0. The second kappa shape index (κ2) is 7.11. The maximum Gasteiger partial charge on any atom is 0.194 e. The van der Waals surface area contributed by atoms with Gasteiger partial charge in [-0.2, -0.15) is 0 Å². The summed E-state index contributed by atoms with van der Waals surface area (Å²) >= 11 is 0. The minimum absolute atomic E-state index is 0.640. The molecule has 0 bridgehead atoms. The number of aliphatic imine (C=N–C) groups is 1. The monoisotopic (exact) mass is 330 g/mol. The van der Waals surface area contributed by atoms with E-state index in [9.17, 15) is 0 Å². The topological polar surface area (TPSA) is 58.3 Å². The largest absolute Gasteiger partial charge is 0.357 e. The van der Waals surface area contributed by atoms with Gasteiger partial charge in [-0.15, -0.1) is 10.2 Å². The minimum atomic E-state index is 0.640. The van der Waals surface area contributed by atoms with Crippen LogP contribution in [0.2, 0.25) is 0 Å². The van der Waals surface area contributed by atoms with E-state index in [0.717, 1.165) is 49.0 Å². The average Bonchev–Trinajstić information content (AvgIpc) is 3.22. The molecule has 6 heteroatoms. The van der Waals surface area contributed by atoms with Crippen LogP contribution in [0, 0.1) is 11.8 Å². The Bertz CT molecular complexity index is 578. The number of aromatic nitrogens is 3. The molecule has 2 fully saturated rings. The standard InChI is InChI=1S/C18H30N6/c1-2-19-18(23-12-14-7-3-4-8-15(14)13-23)20-11-17-22-21-16-9-5-6-10-24(16)17/h14-15H,2-13H2,1H3,(H,19,20). The van der Waals surface area contributed by atoms with Crippen molar-refractivity contribution in [2.45, 2.75) is 65.0 Å². The number of rotatable bonds is 3. The molecule has 24 heavy (non-hydrogen) atoms. The van der Waals surface area contributed by atoms with Gasteiger partial charge in [0, 0.05) is 32.6 Å². The summed E-state index contributed by atoms with van der Waals surface area (Å²) in [4.78, 5) is 7.40. The van der Waals surface area contributed by atoms with E-state index < -0.39 is 0 Å². The number of nitrogens with zero attached hydrogens (tertiary/aromatic N) is 5. The van der Waals surface area contributed by atoms with Crippen LogP contribution in [0.1, 0.15) is 57.1 Å². The lowest BCUT2D eigenvalue weighted by Gasteiger charge is -2.22. The highest BCUT2D eigenvalue weighted by Gasteiger charge is 2.35. The third kappa shape index (κ3) is 3.15. The lowest BCUT2D eigenvalue weighted by Crippen LogP contribution is -2.40. The van der Waals surface area contributed by atoms with E-state index in [0.29, 0.717) is 6.54 Å². The lowest BCUT2D eigenvalue weighted by atomic mass is 9.82. The van der Waals surface area contributed by atoms with Gasteiger partial charge >= 0.3 is 0 Å². The van der Waals surface area contributed by atoms with Gasteiger partial charge in [0.25, 0.3) is 0 Å². The number of likely N-dealkylation sites (tertiary alicyclic amines) is 1. The summed E-state index contributed by atoms with van der Waals surface area (Å²) < 4.78 is 2.28. The van der Waals surface area contributed by atoms with Crippen LogP contribution in [0.25, 0.3) is 0 Å². The van der Waals surface area contributed by atoms with Crippen LogP contribution in [-0.2, 0) is 19.5 Å². The molecule has 1 saturated carbocycles. The zero-order chi connectivity index (χ0) is 16.4. The van der Waals surface area contributed by atoms with Gasteiger partial charge in [-0.05, 0) is 44.4 Å². The summed E-state index contributed by atoms with van der Waals surface area (Å²) in [6, 6.07) is 0. The molecule has 132 valence electrons. The molecule has 1 saturated heterocycles. The molecule has 0 spiro atoms. The van der Waals surface area contributed by atoms with Crippen LogP contribution in [0.5, 0.6) is 0 Å². The smallest absolute Gasteiger partial charge is 0.194 e. The minimum Gasteiger partial charge on any atom is -0.357 e. The molecule has 3 heterocycles. The van der Waals surface area contributed by atoms with Gasteiger partial charge in [0.05, 0.1) is 0 Å². The van der Waals surface area contributed by atoms with Crippen molar-refractivity contribution in [1.82, 2.24) is 25.0 Å². The molecule has 1 N–H and O–H groups in total. The third-order valence-electron chi connectivity index (χ3n) is 5.92. The Morgan fingerprint density at radius 2 is 1.92 bits per heavy atom. The first-order valence-corrected chi connectivity index (χ1v) is 9.79. The molecule has 0 amide bonds. The molecular formula is C18H30N6. The van der Waals surface area contributed by atoms with Crippen molar-refractivity contribution in [3.63, 3.8) is 0 Å². The van der Waals surface area contributed by atoms with Gasteiger partial charge in [0.15, 0.2) is 11.8 Å². The maximum absolute atomic E-state index is 4.91. The highest BCUT2D eigenvalue weighted by Crippen LogP contribution is 2.36. The van der Waals surface area contributed by atoms with Gasteiger partial charge in [0.2, 0.25) is 0 Å². The first kappa shape index (κ1) is 15.9. The average molecular weight is 330 g/mol. The van der Waals surface area contributed by atoms with Crippen molar-refractivity contribution in [3.8, 4) is 0 Å². The number of fused-ring (bicyclic) bond motifs is 2.